The molecule has 94 valence electrons. The molecule has 0 aliphatic rings. The summed E-state index contributed by atoms with van der Waals surface area (Å²) in [7, 11) is 0. The topological polar surface area (TPSA) is 46.5 Å². The molecule has 17 heavy (non-hydrogen) atoms. The van der Waals surface area contributed by atoms with Crippen LogP contribution in [0, 0.1) is 20.8 Å². The molecule has 0 spiro atoms. The number of carbonyl (C=O) groups is 1. The van der Waals surface area contributed by atoms with Crippen LogP contribution in [-0.4, -0.2) is 17.2 Å². The van der Waals surface area contributed by atoms with E-state index in [1.807, 2.05) is 33.8 Å². The first-order chi connectivity index (χ1) is 7.93. The zero-order valence-corrected chi connectivity index (χ0v) is 10.9. The summed E-state index contributed by atoms with van der Waals surface area (Å²) in [6.45, 7) is 7.98. The molecule has 0 radical (unpaired) electrons. The van der Waals surface area contributed by atoms with Crippen molar-refractivity contribution in [3.8, 4) is 5.75 Å². The van der Waals surface area contributed by atoms with E-state index < -0.39 is 5.97 Å². The van der Waals surface area contributed by atoms with Crippen molar-refractivity contribution in [2.45, 2.75) is 46.6 Å². The second-order valence-corrected chi connectivity index (χ2v) is 4.45. The van der Waals surface area contributed by atoms with Crippen LogP contribution in [0.3, 0.4) is 0 Å². The largest absolute Gasteiger partial charge is 0.490 e. The van der Waals surface area contributed by atoms with Crippen LogP contribution in [0.15, 0.2) is 12.1 Å². The maximum Gasteiger partial charge on any atom is 0.307 e. The van der Waals surface area contributed by atoms with Crippen molar-refractivity contribution in [1.82, 2.24) is 0 Å². The molecule has 3 heteroatoms. The Morgan fingerprint density at radius 1 is 1.35 bits per heavy atom. The van der Waals surface area contributed by atoms with Crippen LogP contribution in [-0.2, 0) is 4.79 Å². The van der Waals surface area contributed by atoms with Gasteiger partial charge in [0.05, 0.1) is 6.42 Å². The Bertz CT molecular complexity index is 410. The Labute approximate surface area is 102 Å². The third kappa shape index (κ3) is 3.77. The summed E-state index contributed by atoms with van der Waals surface area (Å²) in [5.74, 6) is -0.0190. The van der Waals surface area contributed by atoms with Gasteiger partial charge >= 0.3 is 5.97 Å². The van der Waals surface area contributed by atoms with Gasteiger partial charge in [-0.2, -0.15) is 0 Å². The normalized spacial score (nSPS) is 12.2. The number of aliphatic carboxylic acids is 1. The third-order valence-corrected chi connectivity index (χ3v) is 2.92. The zero-order valence-electron chi connectivity index (χ0n) is 10.9. The maximum atomic E-state index is 10.7. The van der Waals surface area contributed by atoms with Crippen LogP contribution in [0.4, 0.5) is 0 Å². The van der Waals surface area contributed by atoms with Gasteiger partial charge in [-0.1, -0.05) is 13.0 Å². The first-order valence-corrected chi connectivity index (χ1v) is 5.90. The highest BCUT2D eigenvalue weighted by molar-refractivity contribution is 5.67. The van der Waals surface area contributed by atoms with Crippen molar-refractivity contribution >= 4 is 5.97 Å². The summed E-state index contributed by atoms with van der Waals surface area (Å²) in [5, 5.41) is 8.79. The highest BCUT2D eigenvalue weighted by atomic mass is 16.5. The zero-order chi connectivity index (χ0) is 13.0. The van der Waals surface area contributed by atoms with Gasteiger partial charge < -0.3 is 9.84 Å². The lowest BCUT2D eigenvalue weighted by Gasteiger charge is -2.19. The van der Waals surface area contributed by atoms with E-state index in [4.69, 9.17) is 9.84 Å². The minimum atomic E-state index is -0.820. The Morgan fingerprint density at radius 3 is 2.53 bits per heavy atom. The molecule has 1 atom stereocenters. The maximum absolute atomic E-state index is 10.7. The predicted octanol–water partition coefficient (Wildman–Crippen LogP) is 3.24. The van der Waals surface area contributed by atoms with Crippen molar-refractivity contribution in [3.05, 3.63) is 28.8 Å². The summed E-state index contributed by atoms with van der Waals surface area (Å²) in [6, 6.07) is 4.06. The monoisotopic (exact) mass is 236 g/mol. The van der Waals surface area contributed by atoms with E-state index in [2.05, 4.69) is 6.07 Å². The molecule has 0 aliphatic heterocycles. The van der Waals surface area contributed by atoms with Crippen molar-refractivity contribution in [2.75, 3.05) is 0 Å². The minimum Gasteiger partial charge on any atom is -0.490 e. The lowest BCUT2D eigenvalue weighted by molar-refractivity contribution is -0.138. The second-order valence-electron chi connectivity index (χ2n) is 4.45. The molecular weight excluding hydrogens is 216 g/mol. The molecule has 0 aliphatic carbocycles. The summed E-state index contributed by atoms with van der Waals surface area (Å²) in [6.07, 6.45) is 0.481. The molecular formula is C14H20O3. The van der Waals surface area contributed by atoms with E-state index in [1.165, 1.54) is 5.56 Å². The number of carboxylic acids is 1. The molecule has 0 bridgehead atoms. The van der Waals surface area contributed by atoms with Gasteiger partial charge in [0.2, 0.25) is 0 Å². The Morgan fingerprint density at radius 2 is 2.00 bits per heavy atom. The van der Waals surface area contributed by atoms with Gasteiger partial charge in [0.25, 0.3) is 0 Å². The fraction of sp³-hybridized carbons (Fsp3) is 0.500. The van der Waals surface area contributed by atoms with E-state index in [9.17, 15) is 4.79 Å². The van der Waals surface area contributed by atoms with E-state index in [0.29, 0.717) is 6.42 Å². The summed E-state index contributed by atoms with van der Waals surface area (Å²) in [5.41, 5.74) is 3.39. The van der Waals surface area contributed by atoms with E-state index in [1.54, 1.807) is 0 Å². The number of carboxylic acid groups (broad SMARTS) is 1. The number of benzene rings is 1. The molecule has 1 unspecified atom stereocenters. The Hall–Kier alpha value is -1.51. The lowest BCUT2D eigenvalue weighted by atomic mass is 10.1. The molecule has 3 nitrogen and oxygen atoms in total. The van der Waals surface area contributed by atoms with Crippen LogP contribution >= 0.6 is 0 Å². The lowest BCUT2D eigenvalue weighted by Crippen LogP contribution is -2.20. The Balaban J connectivity index is 2.89. The van der Waals surface area contributed by atoms with E-state index in [0.717, 1.165) is 16.9 Å². The van der Waals surface area contributed by atoms with Crippen molar-refractivity contribution in [1.29, 1.82) is 0 Å². The van der Waals surface area contributed by atoms with Gasteiger partial charge in [0.1, 0.15) is 11.9 Å². The fourth-order valence-electron chi connectivity index (χ4n) is 1.77. The van der Waals surface area contributed by atoms with Crippen LogP contribution in [0.1, 0.15) is 36.5 Å². The SMILES string of the molecule is CCC(CC(=O)O)Oc1cc(C)cc(C)c1C. The molecule has 0 saturated carbocycles. The Kier molecular flexibility index (Phi) is 4.55. The number of aryl methyl sites for hydroxylation is 2. The highest BCUT2D eigenvalue weighted by Crippen LogP contribution is 2.25. The molecule has 0 fully saturated rings. The average Bonchev–Trinajstić information content (AvgIpc) is 2.23. The number of hydrogen-bond donors (Lipinski definition) is 1. The third-order valence-electron chi connectivity index (χ3n) is 2.92. The van der Waals surface area contributed by atoms with Crippen LogP contribution in [0.5, 0.6) is 5.75 Å². The molecule has 0 heterocycles. The smallest absolute Gasteiger partial charge is 0.307 e. The summed E-state index contributed by atoms with van der Waals surface area (Å²) in [4.78, 5) is 10.7. The number of rotatable bonds is 5. The van der Waals surface area contributed by atoms with Crippen LogP contribution < -0.4 is 4.74 Å². The highest BCUT2D eigenvalue weighted by Gasteiger charge is 2.14. The average molecular weight is 236 g/mol. The quantitative estimate of drug-likeness (QED) is 0.853. The van der Waals surface area contributed by atoms with Gasteiger partial charge in [-0.15, -0.1) is 0 Å². The molecule has 1 aromatic rings. The minimum absolute atomic E-state index is 0.0446. The molecule has 0 saturated heterocycles. The molecule has 1 N–H and O–H groups in total. The molecule has 1 aromatic carbocycles. The standard InChI is InChI=1S/C14H20O3/c1-5-12(8-14(15)16)17-13-7-9(2)6-10(3)11(13)4/h6-7,12H,5,8H2,1-4H3,(H,15,16). The first-order valence-electron chi connectivity index (χ1n) is 5.90. The van der Waals surface area contributed by atoms with Gasteiger partial charge in [-0.05, 0) is 49.9 Å². The van der Waals surface area contributed by atoms with Crippen molar-refractivity contribution in [2.24, 2.45) is 0 Å². The van der Waals surface area contributed by atoms with Gasteiger partial charge in [0.15, 0.2) is 0 Å². The molecule has 0 aromatic heterocycles. The van der Waals surface area contributed by atoms with Gasteiger partial charge in [0, 0.05) is 0 Å². The molecule has 0 amide bonds. The summed E-state index contributed by atoms with van der Waals surface area (Å²) >= 11 is 0. The first kappa shape index (κ1) is 13.6. The number of ether oxygens (including phenoxy) is 1. The van der Waals surface area contributed by atoms with Crippen molar-refractivity contribution in [3.63, 3.8) is 0 Å². The van der Waals surface area contributed by atoms with E-state index >= 15 is 0 Å². The van der Waals surface area contributed by atoms with Gasteiger partial charge in [-0.25, -0.2) is 0 Å². The fourth-order valence-corrected chi connectivity index (χ4v) is 1.77. The molecule has 1 rings (SSSR count). The van der Waals surface area contributed by atoms with Crippen molar-refractivity contribution < 1.29 is 14.6 Å². The predicted molar refractivity (Wildman–Crippen MR) is 67.6 cm³/mol. The number of hydrogen-bond acceptors (Lipinski definition) is 2. The second kappa shape index (κ2) is 5.71. The summed E-state index contributed by atoms with van der Waals surface area (Å²) < 4.78 is 5.79. The van der Waals surface area contributed by atoms with Crippen LogP contribution in [0.25, 0.3) is 0 Å². The van der Waals surface area contributed by atoms with E-state index in [-0.39, 0.29) is 12.5 Å². The van der Waals surface area contributed by atoms with Crippen LogP contribution in [0.2, 0.25) is 0 Å². The van der Waals surface area contributed by atoms with Gasteiger partial charge in [-0.3, -0.25) is 4.79 Å².